The molecule has 0 radical (unpaired) electrons. The van der Waals surface area contributed by atoms with Crippen molar-refractivity contribution >= 4 is 11.9 Å². The minimum atomic E-state index is -1.13. The van der Waals surface area contributed by atoms with Crippen LogP contribution in [0, 0.1) is 0 Å². The highest BCUT2D eigenvalue weighted by atomic mass is 16.4. The summed E-state index contributed by atoms with van der Waals surface area (Å²) in [6, 6.07) is -1.01. The van der Waals surface area contributed by atoms with E-state index in [0.29, 0.717) is 13.3 Å². The molecule has 0 heterocycles. The van der Waals surface area contributed by atoms with Crippen LogP contribution in [0.1, 0.15) is 40.4 Å². The van der Waals surface area contributed by atoms with Crippen molar-refractivity contribution in [3.05, 3.63) is 0 Å². The predicted octanol–water partition coefficient (Wildman–Crippen LogP) is 0.518. The first-order valence-electron chi connectivity index (χ1n) is 5.74. The number of unbranched alkanes of at least 4 members (excludes halogenated alkanes) is 2. The highest BCUT2D eigenvalue weighted by molar-refractivity contribution is 5.83. The van der Waals surface area contributed by atoms with Gasteiger partial charge in [-0.25, -0.2) is 4.79 Å². The van der Waals surface area contributed by atoms with Gasteiger partial charge in [0.15, 0.2) is 0 Å². The molecular formula is C10H19NO4. The lowest BCUT2D eigenvalue weighted by atomic mass is 10.1. The van der Waals surface area contributed by atoms with Gasteiger partial charge in [0.2, 0.25) is 5.91 Å². The highest BCUT2D eigenvalue weighted by Gasteiger charge is 2.18. The van der Waals surface area contributed by atoms with Gasteiger partial charge in [-0.15, -0.1) is 0 Å². The first-order valence-corrected chi connectivity index (χ1v) is 5.04. The minimum absolute atomic E-state index is 0.0216. The number of rotatable bonds is 8. The molecule has 0 rings (SSSR count). The van der Waals surface area contributed by atoms with Crippen molar-refractivity contribution in [3.63, 3.8) is 0 Å². The average molecular weight is 218 g/mol. The number of carbonyl (C=O) groups is 2. The molecular weight excluding hydrogens is 198 g/mol. The van der Waals surface area contributed by atoms with Crippen molar-refractivity contribution in [3.8, 4) is 0 Å². The SMILES string of the molecule is [2H]CCCCCC(=O)N[C@@H](CCO)C(=O)O. The van der Waals surface area contributed by atoms with Crippen LogP contribution < -0.4 is 5.32 Å². The lowest BCUT2D eigenvalue weighted by Crippen LogP contribution is -2.41. The van der Waals surface area contributed by atoms with Gasteiger partial charge >= 0.3 is 5.97 Å². The maximum absolute atomic E-state index is 11.3. The van der Waals surface area contributed by atoms with Gasteiger partial charge in [-0.2, -0.15) is 0 Å². The third kappa shape index (κ3) is 6.90. The van der Waals surface area contributed by atoms with E-state index in [0.717, 1.165) is 12.8 Å². The number of hydrogen-bond donors (Lipinski definition) is 3. The van der Waals surface area contributed by atoms with Crippen LogP contribution >= 0.6 is 0 Å². The average Bonchev–Trinajstić information content (AvgIpc) is 2.23. The van der Waals surface area contributed by atoms with E-state index in [1.165, 1.54) is 0 Å². The molecule has 0 spiro atoms. The van der Waals surface area contributed by atoms with Crippen molar-refractivity contribution in [2.75, 3.05) is 6.61 Å². The summed E-state index contributed by atoms with van der Waals surface area (Å²) in [4.78, 5) is 21.9. The number of nitrogens with one attached hydrogen (secondary N) is 1. The molecule has 0 aliphatic rings. The van der Waals surface area contributed by atoms with Gasteiger partial charge in [0.1, 0.15) is 6.04 Å². The van der Waals surface area contributed by atoms with Crippen molar-refractivity contribution in [1.82, 2.24) is 5.32 Å². The fourth-order valence-electron chi connectivity index (χ4n) is 1.12. The standard InChI is InChI=1S/C10H19NO4/c1-2-3-4-5-9(13)11-8(6-7-12)10(14)15/h8,12H,2-7H2,1H3,(H,11,13)(H,14,15)/t8-/m0/s1/i1D. The third-order valence-electron chi connectivity index (χ3n) is 1.95. The minimum Gasteiger partial charge on any atom is -0.480 e. The van der Waals surface area contributed by atoms with Crippen molar-refractivity contribution < 1.29 is 21.2 Å². The van der Waals surface area contributed by atoms with Gasteiger partial charge in [0.05, 0.1) is 0 Å². The molecule has 0 bridgehead atoms. The van der Waals surface area contributed by atoms with E-state index in [-0.39, 0.29) is 25.4 Å². The summed E-state index contributed by atoms with van der Waals surface area (Å²) in [6.07, 6.45) is 2.51. The lowest BCUT2D eigenvalue weighted by Gasteiger charge is -2.12. The van der Waals surface area contributed by atoms with Crippen molar-refractivity contribution in [2.45, 2.75) is 45.0 Å². The van der Waals surface area contributed by atoms with Crippen LogP contribution in [0.5, 0.6) is 0 Å². The molecule has 0 aromatic rings. The van der Waals surface area contributed by atoms with Crippen molar-refractivity contribution in [1.29, 1.82) is 0 Å². The summed E-state index contributed by atoms with van der Waals surface area (Å²) in [7, 11) is 0. The Hall–Kier alpha value is -1.10. The second-order valence-corrected chi connectivity index (χ2v) is 3.28. The molecule has 88 valence electrons. The van der Waals surface area contributed by atoms with Crippen LogP contribution in [-0.2, 0) is 9.59 Å². The molecule has 5 nitrogen and oxygen atoms in total. The Kier molecular flexibility index (Phi) is 6.57. The monoisotopic (exact) mass is 218 g/mol. The van der Waals surface area contributed by atoms with Crippen LogP contribution in [0.3, 0.4) is 0 Å². The van der Waals surface area contributed by atoms with E-state index in [2.05, 4.69) is 5.32 Å². The summed E-state index contributed by atoms with van der Waals surface area (Å²) in [5.74, 6) is -1.45. The number of carbonyl (C=O) groups excluding carboxylic acids is 1. The zero-order chi connectivity index (χ0) is 12.4. The molecule has 0 fully saturated rings. The van der Waals surface area contributed by atoms with E-state index >= 15 is 0 Å². The number of hydrogen-bond acceptors (Lipinski definition) is 3. The molecule has 1 amide bonds. The van der Waals surface area contributed by atoms with Crippen LogP contribution in [0.25, 0.3) is 0 Å². The summed E-state index contributed by atoms with van der Waals surface area (Å²) < 4.78 is 6.91. The molecule has 0 saturated heterocycles. The highest BCUT2D eigenvalue weighted by Crippen LogP contribution is 2.00. The smallest absolute Gasteiger partial charge is 0.326 e. The zero-order valence-corrected chi connectivity index (χ0v) is 8.74. The Morgan fingerprint density at radius 3 is 2.73 bits per heavy atom. The summed E-state index contributed by atoms with van der Waals surface area (Å²) in [6.45, 7) is 0.0833. The van der Waals surface area contributed by atoms with Gasteiger partial charge in [0, 0.05) is 20.8 Å². The summed E-state index contributed by atoms with van der Waals surface area (Å²) >= 11 is 0. The Balaban J connectivity index is 3.77. The van der Waals surface area contributed by atoms with E-state index in [1.54, 1.807) is 0 Å². The Morgan fingerprint density at radius 2 is 2.20 bits per heavy atom. The van der Waals surface area contributed by atoms with E-state index in [4.69, 9.17) is 11.6 Å². The number of amides is 1. The quantitative estimate of drug-likeness (QED) is 0.518. The second kappa shape index (κ2) is 8.23. The van der Waals surface area contributed by atoms with E-state index in [1.807, 2.05) is 0 Å². The number of aliphatic carboxylic acids is 1. The first-order chi connectivity index (χ1) is 7.61. The fourth-order valence-corrected chi connectivity index (χ4v) is 1.12. The van der Waals surface area contributed by atoms with E-state index < -0.39 is 12.0 Å². The Morgan fingerprint density at radius 1 is 1.47 bits per heavy atom. The predicted molar refractivity (Wildman–Crippen MR) is 55.4 cm³/mol. The Bertz CT molecular complexity index is 223. The summed E-state index contributed by atoms with van der Waals surface area (Å²) in [5.41, 5.74) is 0. The number of aliphatic hydroxyl groups is 1. The van der Waals surface area contributed by atoms with Crippen LogP contribution in [-0.4, -0.2) is 34.7 Å². The molecule has 0 saturated carbocycles. The molecule has 5 heteroatoms. The first kappa shape index (κ1) is 12.0. The normalized spacial score (nSPS) is 13.0. The fraction of sp³-hybridized carbons (Fsp3) is 0.800. The lowest BCUT2D eigenvalue weighted by molar-refractivity contribution is -0.142. The van der Waals surface area contributed by atoms with Crippen LogP contribution in [0.15, 0.2) is 0 Å². The maximum Gasteiger partial charge on any atom is 0.326 e. The van der Waals surface area contributed by atoms with Gasteiger partial charge in [0.25, 0.3) is 0 Å². The summed E-state index contributed by atoms with van der Waals surface area (Å²) in [5, 5.41) is 19.7. The largest absolute Gasteiger partial charge is 0.480 e. The van der Waals surface area contributed by atoms with Crippen LogP contribution in [0.4, 0.5) is 0 Å². The Labute approximate surface area is 90.9 Å². The third-order valence-corrected chi connectivity index (χ3v) is 1.95. The van der Waals surface area contributed by atoms with E-state index in [9.17, 15) is 9.59 Å². The number of aliphatic hydroxyl groups excluding tert-OH is 1. The molecule has 0 aromatic heterocycles. The molecule has 0 aliphatic carbocycles. The molecule has 0 aliphatic heterocycles. The van der Waals surface area contributed by atoms with Gasteiger partial charge in [-0.3, -0.25) is 4.79 Å². The molecule has 15 heavy (non-hydrogen) atoms. The van der Waals surface area contributed by atoms with Gasteiger partial charge < -0.3 is 15.5 Å². The maximum atomic E-state index is 11.3. The molecule has 0 unspecified atom stereocenters. The van der Waals surface area contributed by atoms with Gasteiger partial charge in [-0.1, -0.05) is 19.7 Å². The van der Waals surface area contributed by atoms with Gasteiger partial charge in [-0.05, 0) is 6.42 Å². The molecule has 1 atom stereocenters. The number of carboxylic acids is 1. The topological polar surface area (TPSA) is 86.6 Å². The molecule has 0 aromatic carbocycles. The molecule has 3 N–H and O–H groups in total. The van der Waals surface area contributed by atoms with Crippen LogP contribution in [0.2, 0.25) is 0 Å². The number of carboxylic acid groups (broad SMARTS) is 1. The second-order valence-electron chi connectivity index (χ2n) is 3.28. The van der Waals surface area contributed by atoms with Crippen molar-refractivity contribution in [2.24, 2.45) is 0 Å². The zero-order valence-electron chi connectivity index (χ0n) is 9.74.